The van der Waals surface area contributed by atoms with Gasteiger partial charge in [-0.05, 0) is 24.0 Å². The van der Waals surface area contributed by atoms with Crippen molar-refractivity contribution < 1.29 is 13.2 Å². The predicted octanol–water partition coefficient (Wildman–Crippen LogP) is 4.41. The molecule has 0 saturated heterocycles. The standard InChI is InChI=1S/C9H8BrF3S/c1-14-7-4-2-6(3-5-7)8(10)9(11,12)13/h2-5,8H,1H3. The first-order valence-electron chi connectivity index (χ1n) is 3.80. The molecule has 0 amide bonds. The molecule has 14 heavy (non-hydrogen) atoms. The molecule has 1 rings (SSSR count). The van der Waals surface area contributed by atoms with Gasteiger partial charge in [0.25, 0.3) is 0 Å². The topological polar surface area (TPSA) is 0 Å². The first kappa shape index (κ1) is 11.9. The van der Waals surface area contributed by atoms with Gasteiger partial charge in [0.1, 0.15) is 4.83 Å². The van der Waals surface area contributed by atoms with Crippen molar-refractivity contribution in [3.63, 3.8) is 0 Å². The highest BCUT2D eigenvalue weighted by atomic mass is 79.9. The van der Waals surface area contributed by atoms with Crippen LogP contribution >= 0.6 is 27.7 Å². The maximum atomic E-state index is 12.3. The molecule has 0 radical (unpaired) electrons. The highest BCUT2D eigenvalue weighted by Crippen LogP contribution is 2.39. The third-order valence-corrected chi connectivity index (χ3v) is 3.49. The Morgan fingerprint density at radius 1 is 1.21 bits per heavy atom. The van der Waals surface area contributed by atoms with Gasteiger partial charge in [0.2, 0.25) is 0 Å². The molecule has 0 saturated carbocycles. The van der Waals surface area contributed by atoms with Crippen LogP contribution in [-0.2, 0) is 0 Å². The van der Waals surface area contributed by atoms with Crippen LogP contribution in [0.2, 0.25) is 0 Å². The van der Waals surface area contributed by atoms with E-state index in [1.165, 1.54) is 23.9 Å². The lowest BCUT2D eigenvalue weighted by Gasteiger charge is -2.14. The van der Waals surface area contributed by atoms with E-state index in [0.717, 1.165) is 4.90 Å². The number of thioether (sulfide) groups is 1. The van der Waals surface area contributed by atoms with Crippen LogP contribution in [0.25, 0.3) is 0 Å². The summed E-state index contributed by atoms with van der Waals surface area (Å²) >= 11 is 4.12. The summed E-state index contributed by atoms with van der Waals surface area (Å²) in [4.78, 5) is -0.624. The average molecular weight is 285 g/mol. The van der Waals surface area contributed by atoms with Gasteiger partial charge in [-0.15, -0.1) is 11.8 Å². The zero-order valence-electron chi connectivity index (χ0n) is 7.31. The molecule has 5 heteroatoms. The lowest BCUT2D eigenvalue weighted by molar-refractivity contribution is -0.128. The second-order valence-corrected chi connectivity index (χ2v) is 4.47. The fourth-order valence-electron chi connectivity index (χ4n) is 0.962. The normalized spacial score (nSPS) is 14.1. The Labute approximate surface area is 93.0 Å². The largest absolute Gasteiger partial charge is 0.405 e. The van der Waals surface area contributed by atoms with Gasteiger partial charge >= 0.3 is 6.18 Å². The molecular formula is C9H8BrF3S. The summed E-state index contributed by atoms with van der Waals surface area (Å²) in [5.41, 5.74) is 0.232. The van der Waals surface area contributed by atoms with Gasteiger partial charge in [-0.1, -0.05) is 28.1 Å². The highest BCUT2D eigenvalue weighted by molar-refractivity contribution is 9.09. The molecule has 0 aromatic heterocycles. The molecule has 0 aliphatic heterocycles. The molecule has 1 aromatic rings. The Kier molecular flexibility index (Phi) is 3.89. The van der Waals surface area contributed by atoms with Crippen molar-refractivity contribution in [2.24, 2.45) is 0 Å². The van der Waals surface area contributed by atoms with Crippen LogP contribution in [-0.4, -0.2) is 12.4 Å². The Bertz CT molecular complexity index is 294. The minimum Gasteiger partial charge on any atom is -0.169 e. The van der Waals surface area contributed by atoms with Gasteiger partial charge in [0, 0.05) is 4.90 Å². The molecular weight excluding hydrogens is 277 g/mol. The van der Waals surface area contributed by atoms with Crippen molar-refractivity contribution in [1.82, 2.24) is 0 Å². The summed E-state index contributed by atoms with van der Waals surface area (Å²) in [5.74, 6) is 0. The summed E-state index contributed by atoms with van der Waals surface area (Å²) in [5, 5.41) is 0. The van der Waals surface area contributed by atoms with E-state index in [1.807, 2.05) is 6.26 Å². The van der Waals surface area contributed by atoms with Crippen LogP contribution in [0.3, 0.4) is 0 Å². The lowest BCUT2D eigenvalue weighted by atomic mass is 10.1. The molecule has 78 valence electrons. The quantitative estimate of drug-likeness (QED) is 0.573. The summed E-state index contributed by atoms with van der Waals surface area (Å²) in [6.07, 6.45) is -2.36. The maximum absolute atomic E-state index is 12.3. The first-order chi connectivity index (χ1) is 6.45. The minimum atomic E-state index is -4.24. The van der Waals surface area contributed by atoms with Gasteiger partial charge in [0.15, 0.2) is 0 Å². The minimum absolute atomic E-state index is 0.232. The van der Waals surface area contributed by atoms with Crippen molar-refractivity contribution >= 4 is 27.7 Å². The number of alkyl halides is 4. The third kappa shape index (κ3) is 2.92. The SMILES string of the molecule is CSc1ccc(C(Br)C(F)(F)F)cc1. The Hall–Kier alpha value is -0.160. The van der Waals surface area contributed by atoms with E-state index < -0.39 is 11.0 Å². The lowest BCUT2D eigenvalue weighted by Crippen LogP contribution is -2.14. The molecule has 0 aliphatic carbocycles. The van der Waals surface area contributed by atoms with Gasteiger partial charge < -0.3 is 0 Å². The smallest absolute Gasteiger partial charge is 0.169 e. The fourth-order valence-corrected chi connectivity index (χ4v) is 1.68. The maximum Gasteiger partial charge on any atom is 0.405 e. The van der Waals surface area contributed by atoms with Crippen LogP contribution in [0.4, 0.5) is 13.2 Å². The summed E-state index contributed by atoms with van der Waals surface area (Å²) < 4.78 is 36.8. The zero-order chi connectivity index (χ0) is 10.8. The Balaban J connectivity index is 2.87. The molecule has 1 atom stereocenters. The molecule has 1 aromatic carbocycles. The van der Waals surface area contributed by atoms with E-state index in [0.29, 0.717) is 0 Å². The zero-order valence-corrected chi connectivity index (χ0v) is 9.71. The van der Waals surface area contributed by atoms with Gasteiger partial charge in [-0.3, -0.25) is 0 Å². The average Bonchev–Trinajstić information content (AvgIpc) is 2.15. The number of hydrogen-bond acceptors (Lipinski definition) is 1. The first-order valence-corrected chi connectivity index (χ1v) is 5.94. The molecule has 0 heterocycles. The van der Waals surface area contributed by atoms with Crippen molar-refractivity contribution in [1.29, 1.82) is 0 Å². The van der Waals surface area contributed by atoms with Crippen molar-refractivity contribution in [3.05, 3.63) is 29.8 Å². The van der Waals surface area contributed by atoms with Crippen molar-refractivity contribution in [2.75, 3.05) is 6.26 Å². The Morgan fingerprint density at radius 2 is 1.71 bits per heavy atom. The van der Waals surface area contributed by atoms with Crippen LogP contribution in [0, 0.1) is 0 Å². The van der Waals surface area contributed by atoms with Crippen LogP contribution in [0.15, 0.2) is 29.2 Å². The highest BCUT2D eigenvalue weighted by Gasteiger charge is 2.38. The number of hydrogen-bond donors (Lipinski definition) is 0. The third-order valence-electron chi connectivity index (χ3n) is 1.70. The van der Waals surface area contributed by atoms with E-state index in [9.17, 15) is 13.2 Å². The van der Waals surface area contributed by atoms with Crippen LogP contribution in [0.1, 0.15) is 10.4 Å². The fraction of sp³-hybridized carbons (Fsp3) is 0.333. The molecule has 0 nitrogen and oxygen atoms in total. The molecule has 0 spiro atoms. The monoisotopic (exact) mass is 284 g/mol. The van der Waals surface area contributed by atoms with E-state index in [2.05, 4.69) is 15.9 Å². The number of benzene rings is 1. The molecule has 1 unspecified atom stereocenters. The second kappa shape index (κ2) is 4.57. The van der Waals surface area contributed by atoms with E-state index >= 15 is 0 Å². The van der Waals surface area contributed by atoms with E-state index in [1.54, 1.807) is 12.1 Å². The molecule has 0 fully saturated rings. The molecule has 0 aliphatic rings. The van der Waals surface area contributed by atoms with E-state index in [-0.39, 0.29) is 5.56 Å². The van der Waals surface area contributed by atoms with Crippen molar-refractivity contribution in [3.8, 4) is 0 Å². The van der Waals surface area contributed by atoms with Gasteiger partial charge in [0.05, 0.1) is 0 Å². The summed E-state index contributed by atoms with van der Waals surface area (Å²) in [7, 11) is 0. The van der Waals surface area contributed by atoms with Crippen LogP contribution in [0.5, 0.6) is 0 Å². The predicted molar refractivity (Wildman–Crippen MR) is 55.9 cm³/mol. The van der Waals surface area contributed by atoms with Crippen LogP contribution < -0.4 is 0 Å². The summed E-state index contributed by atoms with van der Waals surface area (Å²) in [6.45, 7) is 0. The van der Waals surface area contributed by atoms with Crippen molar-refractivity contribution in [2.45, 2.75) is 15.9 Å². The number of halogens is 4. The second-order valence-electron chi connectivity index (χ2n) is 2.68. The molecule has 0 N–H and O–H groups in total. The van der Waals surface area contributed by atoms with Gasteiger partial charge in [-0.25, -0.2) is 0 Å². The van der Waals surface area contributed by atoms with Gasteiger partial charge in [-0.2, -0.15) is 13.2 Å². The molecule has 0 bridgehead atoms. The Morgan fingerprint density at radius 3 is 2.07 bits per heavy atom. The summed E-state index contributed by atoms with van der Waals surface area (Å²) in [6, 6.07) is 6.33. The van der Waals surface area contributed by atoms with E-state index in [4.69, 9.17) is 0 Å². The number of rotatable bonds is 2.